The Morgan fingerprint density at radius 3 is 2.92 bits per heavy atom. The van der Waals surface area contributed by atoms with Gasteiger partial charge in [-0.3, -0.25) is 4.79 Å². The van der Waals surface area contributed by atoms with Crippen molar-refractivity contribution in [2.75, 3.05) is 18.4 Å². The minimum Gasteiger partial charge on any atom is -0.338 e. The number of urea groups is 1. The van der Waals surface area contributed by atoms with E-state index < -0.39 is 0 Å². The standard InChI is InChI=1S/C17H23N5O2/c1-20-10-7-18-15(20)11-13-5-3-9-22(12-13)17(24)19-14-6-4-8-21(2)16(14)23/h4,6-8,10,13H,3,5,9,11-12H2,1-2H3,(H,19,24)/t13-/m1/s1. The van der Waals surface area contributed by atoms with Gasteiger partial charge in [0.2, 0.25) is 0 Å². The average molecular weight is 329 g/mol. The minimum absolute atomic E-state index is 0.201. The molecule has 2 aromatic rings. The molecule has 0 saturated carbocycles. The smallest absolute Gasteiger partial charge is 0.322 e. The largest absolute Gasteiger partial charge is 0.338 e. The number of aryl methyl sites for hydroxylation is 2. The van der Waals surface area contributed by atoms with E-state index in [4.69, 9.17) is 0 Å². The summed E-state index contributed by atoms with van der Waals surface area (Å²) in [5.41, 5.74) is 0.114. The maximum atomic E-state index is 12.5. The highest BCUT2D eigenvalue weighted by Gasteiger charge is 2.25. The SMILES string of the molecule is Cn1ccnc1C[C@H]1CCCN(C(=O)Nc2cccn(C)c2=O)C1. The highest BCUT2D eigenvalue weighted by atomic mass is 16.2. The molecule has 1 aliphatic rings. The van der Waals surface area contributed by atoms with Gasteiger partial charge >= 0.3 is 6.03 Å². The topological polar surface area (TPSA) is 72.2 Å². The molecular formula is C17H23N5O2. The summed E-state index contributed by atoms with van der Waals surface area (Å²) < 4.78 is 3.47. The predicted molar refractivity (Wildman–Crippen MR) is 91.9 cm³/mol. The van der Waals surface area contributed by atoms with Crippen molar-refractivity contribution in [3.63, 3.8) is 0 Å². The van der Waals surface area contributed by atoms with E-state index in [1.807, 2.05) is 17.8 Å². The molecule has 2 amide bonds. The fraction of sp³-hybridized carbons (Fsp3) is 0.471. The lowest BCUT2D eigenvalue weighted by Crippen LogP contribution is -2.43. The van der Waals surface area contributed by atoms with Crippen LogP contribution < -0.4 is 10.9 Å². The Labute approximate surface area is 140 Å². The number of hydrogen-bond acceptors (Lipinski definition) is 3. The highest BCUT2D eigenvalue weighted by molar-refractivity contribution is 5.89. The number of anilines is 1. The van der Waals surface area contributed by atoms with Crippen molar-refractivity contribution < 1.29 is 4.79 Å². The molecule has 1 atom stereocenters. The molecular weight excluding hydrogens is 306 g/mol. The number of hydrogen-bond donors (Lipinski definition) is 1. The molecule has 128 valence electrons. The van der Waals surface area contributed by atoms with Gasteiger partial charge in [0, 0.05) is 52.2 Å². The summed E-state index contributed by atoms with van der Waals surface area (Å²) in [5.74, 6) is 1.43. The van der Waals surface area contributed by atoms with Crippen LogP contribution in [0, 0.1) is 5.92 Å². The molecule has 7 heteroatoms. The lowest BCUT2D eigenvalue weighted by Gasteiger charge is -2.32. The van der Waals surface area contributed by atoms with Crippen LogP contribution in [0.5, 0.6) is 0 Å². The second-order valence-corrected chi connectivity index (χ2v) is 6.38. The van der Waals surface area contributed by atoms with Crippen LogP contribution in [0.3, 0.4) is 0 Å². The van der Waals surface area contributed by atoms with E-state index in [-0.39, 0.29) is 11.6 Å². The second-order valence-electron chi connectivity index (χ2n) is 6.38. The van der Waals surface area contributed by atoms with Gasteiger partial charge in [-0.2, -0.15) is 0 Å². The highest BCUT2D eigenvalue weighted by Crippen LogP contribution is 2.20. The fourth-order valence-electron chi connectivity index (χ4n) is 3.15. The van der Waals surface area contributed by atoms with E-state index in [1.165, 1.54) is 4.57 Å². The Bertz CT molecular complexity index is 779. The average Bonchev–Trinajstić information content (AvgIpc) is 2.97. The first kappa shape index (κ1) is 16.3. The lowest BCUT2D eigenvalue weighted by atomic mass is 9.94. The number of nitrogens with one attached hydrogen (secondary N) is 1. The van der Waals surface area contributed by atoms with Crippen molar-refractivity contribution in [1.29, 1.82) is 0 Å². The third-order valence-electron chi connectivity index (χ3n) is 4.56. The van der Waals surface area contributed by atoms with Crippen molar-refractivity contribution in [3.8, 4) is 0 Å². The first-order chi connectivity index (χ1) is 11.5. The first-order valence-electron chi connectivity index (χ1n) is 8.22. The molecule has 7 nitrogen and oxygen atoms in total. The molecule has 2 aromatic heterocycles. The first-order valence-corrected chi connectivity index (χ1v) is 8.22. The molecule has 1 saturated heterocycles. The molecule has 3 rings (SSSR count). The Kier molecular flexibility index (Phi) is 4.69. The van der Waals surface area contributed by atoms with Crippen molar-refractivity contribution >= 4 is 11.7 Å². The van der Waals surface area contributed by atoms with Crippen LogP contribution >= 0.6 is 0 Å². The number of carbonyl (C=O) groups is 1. The van der Waals surface area contributed by atoms with Crippen molar-refractivity contribution in [3.05, 3.63) is 46.9 Å². The molecule has 0 unspecified atom stereocenters. The number of imidazole rings is 1. The van der Waals surface area contributed by atoms with Gasteiger partial charge in [0.25, 0.3) is 5.56 Å². The number of amides is 2. The normalized spacial score (nSPS) is 17.8. The third-order valence-corrected chi connectivity index (χ3v) is 4.56. The summed E-state index contributed by atoms with van der Waals surface area (Å²) in [5, 5.41) is 2.74. The monoisotopic (exact) mass is 329 g/mol. The van der Waals surface area contributed by atoms with Crippen molar-refractivity contribution in [2.24, 2.45) is 20.0 Å². The Morgan fingerprint density at radius 1 is 1.33 bits per heavy atom. The van der Waals surface area contributed by atoms with Crippen molar-refractivity contribution in [2.45, 2.75) is 19.3 Å². The number of carbonyl (C=O) groups excluding carboxylic acids is 1. The number of pyridine rings is 1. The maximum absolute atomic E-state index is 12.5. The Morgan fingerprint density at radius 2 is 2.17 bits per heavy atom. The lowest BCUT2D eigenvalue weighted by molar-refractivity contribution is 0.176. The summed E-state index contributed by atoms with van der Waals surface area (Å²) in [4.78, 5) is 30.7. The van der Waals surface area contributed by atoms with Gasteiger partial charge in [-0.1, -0.05) is 0 Å². The van der Waals surface area contributed by atoms with Crippen LogP contribution in [-0.2, 0) is 20.5 Å². The van der Waals surface area contributed by atoms with Crippen LogP contribution in [0.25, 0.3) is 0 Å². The van der Waals surface area contributed by atoms with Crippen LogP contribution in [0.1, 0.15) is 18.7 Å². The summed E-state index contributed by atoms with van der Waals surface area (Å²) in [6, 6.07) is 3.18. The van der Waals surface area contributed by atoms with Gasteiger partial charge < -0.3 is 19.4 Å². The third kappa shape index (κ3) is 3.50. The molecule has 0 aliphatic carbocycles. The quantitative estimate of drug-likeness (QED) is 0.930. The molecule has 1 fully saturated rings. The van der Waals surface area contributed by atoms with E-state index in [0.717, 1.165) is 31.6 Å². The number of nitrogens with zero attached hydrogens (tertiary/aromatic N) is 4. The molecule has 0 spiro atoms. The fourth-order valence-corrected chi connectivity index (χ4v) is 3.15. The molecule has 1 aliphatic heterocycles. The number of rotatable bonds is 3. The van der Waals surface area contributed by atoms with E-state index in [9.17, 15) is 9.59 Å². The number of piperidine rings is 1. The van der Waals surface area contributed by atoms with Crippen LogP contribution in [0.4, 0.5) is 10.5 Å². The molecule has 0 radical (unpaired) electrons. The van der Waals surface area contributed by atoms with E-state index >= 15 is 0 Å². The molecule has 1 N–H and O–H groups in total. The van der Waals surface area contributed by atoms with Gasteiger partial charge in [0.1, 0.15) is 11.5 Å². The number of likely N-dealkylation sites (tertiary alicyclic amines) is 1. The zero-order chi connectivity index (χ0) is 17.1. The van der Waals surface area contributed by atoms with Crippen molar-refractivity contribution in [1.82, 2.24) is 19.0 Å². The summed E-state index contributed by atoms with van der Waals surface area (Å²) in [6.07, 6.45) is 8.32. The zero-order valence-corrected chi connectivity index (χ0v) is 14.1. The summed E-state index contributed by atoms with van der Waals surface area (Å²) in [6.45, 7) is 1.40. The van der Waals surface area contributed by atoms with Crippen LogP contribution in [-0.4, -0.2) is 38.1 Å². The van der Waals surface area contributed by atoms with Gasteiger partial charge in [-0.25, -0.2) is 9.78 Å². The zero-order valence-electron chi connectivity index (χ0n) is 14.1. The maximum Gasteiger partial charge on any atom is 0.322 e. The Hall–Kier alpha value is -2.57. The van der Waals surface area contributed by atoms with Gasteiger partial charge in [-0.15, -0.1) is 0 Å². The number of aromatic nitrogens is 3. The summed E-state index contributed by atoms with van der Waals surface area (Å²) >= 11 is 0. The van der Waals surface area contributed by atoms with E-state index in [0.29, 0.717) is 18.2 Å². The van der Waals surface area contributed by atoms with Crippen LogP contribution in [0.15, 0.2) is 35.5 Å². The Balaban J connectivity index is 1.64. The summed E-state index contributed by atoms with van der Waals surface area (Å²) in [7, 11) is 3.66. The van der Waals surface area contributed by atoms with Crippen LogP contribution in [0.2, 0.25) is 0 Å². The molecule has 3 heterocycles. The second kappa shape index (κ2) is 6.90. The molecule has 24 heavy (non-hydrogen) atoms. The van der Waals surface area contributed by atoms with Gasteiger partial charge in [-0.05, 0) is 30.9 Å². The van der Waals surface area contributed by atoms with Gasteiger partial charge in [0.15, 0.2) is 0 Å². The molecule has 0 bridgehead atoms. The molecule has 0 aromatic carbocycles. The predicted octanol–water partition coefficient (Wildman–Crippen LogP) is 1.61. The minimum atomic E-state index is -0.206. The van der Waals surface area contributed by atoms with E-state index in [2.05, 4.69) is 10.3 Å². The van der Waals surface area contributed by atoms with E-state index in [1.54, 1.807) is 36.5 Å². The van der Waals surface area contributed by atoms with Gasteiger partial charge in [0.05, 0.1) is 0 Å².